The number of nitrogens with one attached hydrogen (secondary N) is 2. The zero-order valence-electron chi connectivity index (χ0n) is 18.9. The molecule has 0 radical (unpaired) electrons. The molecule has 0 bridgehead atoms. The number of anilines is 2. The third kappa shape index (κ3) is 6.32. The van der Waals surface area contributed by atoms with Crippen LogP contribution in [0.15, 0.2) is 41.6 Å². The van der Waals surface area contributed by atoms with Crippen LogP contribution in [0, 0.1) is 11.6 Å². The molecule has 0 amide bonds. The van der Waals surface area contributed by atoms with Crippen molar-refractivity contribution in [1.29, 1.82) is 0 Å². The second-order valence-corrected chi connectivity index (χ2v) is 9.55. The van der Waals surface area contributed by atoms with E-state index >= 15 is 0 Å². The van der Waals surface area contributed by atoms with E-state index in [0.717, 1.165) is 30.5 Å². The lowest BCUT2D eigenvalue weighted by Gasteiger charge is -2.22. The van der Waals surface area contributed by atoms with Gasteiger partial charge in [0.2, 0.25) is 11.8 Å². The maximum atomic E-state index is 13.7. The highest BCUT2D eigenvalue weighted by molar-refractivity contribution is 7.86. The van der Waals surface area contributed by atoms with Crippen molar-refractivity contribution in [1.82, 2.24) is 15.0 Å². The predicted molar refractivity (Wildman–Crippen MR) is 134 cm³/mol. The smallest absolute Gasteiger partial charge is 0.222 e. The summed E-state index contributed by atoms with van der Waals surface area (Å²) in [5.41, 5.74) is 1.47. The summed E-state index contributed by atoms with van der Waals surface area (Å²) in [6.07, 6.45) is 13.1. The lowest BCUT2D eigenvalue weighted by Crippen LogP contribution is -2.23. The summed E-state index contributed by atoms with van der Waals surface area (Å²) in [4.78, 5) is 13.0. The molecule has 0 aliphatic heterocycles. The van der Waals surface area contributed by atoms with Crippen LogP contribution in [0.25, 0.3) is 12.2 Å². The number of hydrogen-bond acceptors (Lipinski definition) is 6. The van der Waals surface area contributed by atoms with E-state index in [9.17, 15) is 13.0 Å². The van der Waals surface area contributed by atoms with E-state index in [-0.39, 0.29) is 16.6 Å². The van der Waals surface area contributed by atoms with E-state index in [4.69, 9.17) is 16.3 Å². The molecule has 1 aromatic carbocycles. The maximum Gasteiger partial charge on any atom is 0.222 e. The Balaban J connectivity index is 1.42. The fourth-order valence-corrected chi connectivity index (χ4v) is 4.93. The van der Waals surface area contributed by atoms with Gasteiger partial charge in [-0.25, -0.2) is 23.0 Å². The van der Waals surface area contributed by atoms with Crippen LogP contribution >= 0.6 is 11.6 Å². The summed E-state index contributed by atoms with van der Waals surface area (Å²) in [6.45, 7) is 0. The van der Waals surface area contributed by atoms with Crippen LogP contribution in [-0.4, -0.2) is 32.3 Å². The second-order valence-electron chi connectivity index (χ2n) is 7.99. The molecule has 1 aliphatic rings. The van der Waals surface area contributed by atoms with E-state index < -0.39 is 27.6 Å². The largest absolute Gasteiger partial charge is 0.481 e. The van der Waals surface area contributed by atoms with Gasteiger partial charge in [0.1, 0.15) is 5.82 Å². The Kier molecular flexibility index (Phi) is 8.25. The van der Waals surface area contributed by atoms with E-state index in [0.29, 0.717) is 17.6 Å². The Hall–Kier alpha value is -3.11. The first-order valence-corrected chi connectivity index (χ1v) is 12.6. The Labute approximate surface area is 209 Å². The quantitative estimate of drug-likeness (QED) is 0.362. The van der Waals surface area contributed by atoms with Crippen molar-refractivity contribution < 1.29 is 17.7 Å². The normalized spacial score (nSPS) is 15.2. The number of hydrogen-bond donors (Lipinski definition) is 2. The molecule has 3 aromatic rings. The number of rotatable bonds is 8. The number of halogens is 3. The van der Waals surface area contributed by atoms with E-state index in [2.05, 4.69) is 25.0 Å². The highest BCUT2D eigenvalue weighted by Gasteiger charge is 2.17. The second kappa shape index (κ2) is 11.5. The molecule has 0 spiro atoms. The first kappa shape index (κ1) is 25.0. The summed E-state index contributed by atoms with van der Waals surface area (Å²) in [5.74, 6) is -1.27. The van der Waals surface area contributed by atoms with Crippen molar-refractivity contribution in [3.8, 4) is 5.88 Å². The lowest BCUT2D eigenvalue weighted by atomic mass is 9.96. The number of methoxy groups -OCH3 is 1. The SMILES string of the molecule is COc1nc(NS(=O)c2ccc(F)c(F)c2Cl)ccc1/C=C/c1cnc(NC2CCCCC2)nc1. The highest BCUT2D eigenvalue weighted by Crippen LogP contribution is 2.27. The monoisotopic (exact) mass is 519 g/mol. The average molecular weight is 520 g/mol. The summed E-state index contributed by atoms with van der Waals surface area (Å²) in [6, 6.07) is 5.74. The Morgan fingerprint density at radius 3 is 2.54 bits per heavy atom. The number of nitrogens with zero attached hydrogens (tertiary/aromatic N) is 3. The molecule has 1 fully saturated rings. The van der Waals surface area contributed by atoms with Crippen LogP contribution in [0.1, 0.15) is 43.2 Å². The van der Waals surface area contributed by atoms with Crippen molar-refractivity contribution in [2.75, 3.05) is 17.1 Å². The molecule has 35 heavy (non-hydrogen) atoms. The number of ether oxygens (including phenoxy) is 1. The fraction of sp³-hybridized carbons (Fsp3) is 0.292. The molecule has 184 valence electrons. The number of benzene rings is 1. The third-order valence-electron chi connectivity index (χ3n) is 5.55. The van der Waals surface area contributed by atoms with Crippen molar-refractivity contribution in [2.45, 2.75) is 43.0 Å². The van der Waals surface area contributed by atoms with Crippen LogP contribution in [0.4, 0.5) is 20.5 Å². The zero-order chi connectivity index (χ0) is 24.8. The lowest BCUT2D eigenvalue weighted by molar-refractivity contribution is 0.397. The summed E-state index contributed by atoms with van der Waals surface area (Å²) < 4.78 is 47.5. The molecular formula is C24H24ClF2N5O2S. The molecular weight excluding hydrogens is 496 g/mol. The van der Waals surface area contributed by atoms with E-state index in [1.807, 2.05) is 6.08 Å². The Morgan fingerprint density at radius 2 is 1.83 bits per heavy atom. The van der Waals surface area contributed by atoms with Gasteiger partial charge in [0.25, 0.3) is 0 Å². The molecule has 1 aliphatic carbocycles. The average Bonchev–Trinajstić information content (AvgIpc) is 2.88. The minimum absolute atomic E-state index is 0.100. The summed E-state index contributed by atoms with van der Waals surface area (Å²) >= 11 is 5.78. The van der Waals surface area contributed by atoms with E-state index in [1.54, 1.807) is 30.6 Å². The van der Waals surface area contributed by atoms with Gasteiger partial charge in [0.05, 0.1) is 17.0 Å². The maximum absolute atomic E-state index is 13.7. The standard InChI is InChI=1S/C24H24ClF2N5O2S/c1-34-23-16(8-7-15-13-28-24(29-14-15)30-17-5-3-2-4-6-17)9-12-20(31-23)32-35(33)19-11-10-18(26)22(27)21(19)25/h7-14,17H,2-6H2,1H3,(H,31,32)(H,28,29,30)/b8-7+. The molecule has 2 aromatic heterocycles. The summed E-state index contributed by atoms with van der Waals surface area (Å²) in [5, 5.41) is 2.84. The van der Waals surface area contributed by atoms with Crippen molar-refractivity contribution >= 4 is 46.5 Å². The molecule has 0 saturated heterocycles. The third-order valence-corrected chi connectivity index (χ3v) is 7.16. The Morgan fingerprint density at radius 1 is 1.09 bits per heavy atom. The van der Waals surface area contributed by atoms with Gasteiger partial charge < -0.3 is 10.1 Å². The molecule has 4 rings (SSSR count). The minimum atomic E-state index is -1.97. The molecule has 1 saturated carbocycles. The molecule has 2 N–H and O–H groups in total. The topological polar surface area (TPSA) is 89.0 Å². The molecule has 7 nitrogen and oxygen atoms in total. The van der Waals surface area contributed by atoms with Crippen LogP contribution in [0.3, 0.4) is 0 Å². The van der Waals surface area contributed by atoms with E-state index in [1.165, 1.54) is 26.4 Å². The molecule has 1 unspecified atom stereocenters. The Bertz CT molecular complexity index is 1240. The van der Waals surface area contributed by atoms with Crippen molar-refractivity contribution in [3.05, 3.63) is 64.4 Å². The molecule has 1 atom stereocenters. The number of pyridine rings is 1. The van der Waals surface area contributed by atoms with Gasteiger partial charge in [-0.2, -0.15) is 4.98 Å². The van der Waals surface area contributed by atoms with Gasteiger partial charge in [-0.3, -0.25) is 4.72 Å². The van der Waals surface area contributed by atoms with Crippen LogP contribution in [0.2, 0.25) is 5.02 Å². The van der Waals surface area contributed by atoms with Crippen LogP contribution in [0.5, 0.6) is 5.88 Å². The van der Waals surface area contributed by atoms with Crippen LogP contribution < -0.4 is 14.8 Å². The van der Waals surface area contributed by atoms with Gasteiger partial charge in [-0.15, -0.1) is 0 Å². The van der Waals surface area contributed by atoms with Crippen LogP contribution in [-0.2, 0) is 11.0 Å². The fourth-order valence-electron chi connectivity index (χ4n) is 3.71. The van der Waals surface area contributed by atoms with Gasteiger partial charge in [0, 0.05) is 29.6 Å². The first-order chi connectivity index (χ1) is 16.9. The van der Waals surface area contributed by atoms with Gasteiger partial charge in [-0.1, -0.05) is 36.9 Å². The van der Waals surface area contributed by atoms with Gasteiger partial charge in [0.15, 0.2) is 22.6 Å². The predicted octanol–water partition coefficient (Wildman–Crippen LogP) is 5.86. The van der Waals surface area contributed by atoms with Crippen molar-refractivity contribution in [3.63, 3.8) is 0 Å². The molecule has 2 heterocycles. The van der Waals surface area contributed by atoms with Crippen molar-refractivity contribution in [2.24, 2.45) is 0 Å². The number of aromatic nitrogens is 3. The zero-order valence-corrected chi connectivity index (χ0v) is 20.5. The van der Waals surface area contributed by atoms with Gasteiger partial charge >= 0.3 is 0 Å². The summed E-state index contributed by atoms with van der Waals surface area (Å²) in [7, 11) is -0.508. The minimum Gasteiger partial charge on any atom is -0.481 e. The first-order valence-electron chi connectivity index (χ1n) is 11.1. The molecule has 11 heteroatoms. The highest BCUT2D eigenvalue weighted by atomic mass is 35.5. The van der Waals surface area contributed by atoms with Gasteiger partial charge in [-0.05, 0) is 43.2 Å².